The van der Waals surface area contributed by atoms with Crippen LogP contribution in [0.15, 0.2) is 36.5 Å². The van der Waals surface area contributed by atoms with Gasteiger partial charge in [0, 0.05) is 24.0 Å². The third-order valence-corrected chi connectivity index (χ3v) is 6.21. The first-order chi connectivity index (χ1) is 15.2. The summed E-state index contributed by atoms with van der Waals surface area (Å²) in [6, 6.07) is 9.17. The van der Waals surface area contributed by atoms with Crippen LogP contribution >= 0.6 is 0 Å². The number of urea groups is 1. The highest BCUT2D eigenvalue weighted by Crippen LogP contribution is 2.39. The smallest absolute Gasteiger partial charge is 0.407 e. The SMILES string of the molecule is CC(C)(C)OC(=O)NC[C@H]1CCCC[C@]12NC(=O)N(Cc1cccc3cccnc13)C2=O. The van der Waals surface area contributed by atoms with E-state index >= 15 is 0 Å². The van der Waals surface area contributed by atoms with Crippen LogP contribution in [-0.2, 0) is 16.1 Å². The van der Waals surface area contributed by atoms with Crippen molar-refractivity contribution in [1.29, 1.82) is 0 Å². The van der Waals surface area contributed by atoms with Gasteiger partial charge in [0.15, 0.2) is 0 Å². The molecule has 1 aromatic heterocycles. The Morgan fingerprint density at radius 1 is 1.25 bits per heavy atom. The van der Waals surface area contributed by atoms with Crippen molar-refractivity contribution in [3.05, 3.63) is 42.1 Å². The van der Waals surface area contributed by atoms with E-state index in [1.807, 2.05) is 30.3 Å². The summed E-state index contributed by atoms with van der Waals surface area (Å²) in [5, 5.41) is 6.74. The maximum Gasteiger partial charge on any atom is 0.407 e. The number of amides is 4. The average molecular weight is 439 g/mol. The molecule has 32 heavy (non-hydrogen) atoms. The Kier molecular flexibility index (Phi) is 5.79. The van der Waals surface area contributed by atoms with Crippen LogP contribution in [0, 0.1) is 5.92 Å². The number of nitrogens with zero attached hydrogens (tertiary/aromatic N) is 2. The zero-order valence-electron chi connectivity index (χ0n) is 18.8. The van der Waals surface area contributed by atoms with Crippen molar-refractivity contribution in [2.24, 2.45) is 5.92 Å². The minimum absolute atomic E-state index is 0.160. The number of carbonyl (C=O) groups is 3. The van der Waals surface area contributed by atoms with E-state index < -0.39 is 23.3 Å². The number of alkyl carbamates (subject to hydrolysis) is 1. The minimum atomic E-state index is -0.998. The lowest BCUT2D eigenvalue weighted by Gasteiger charge is -2.39. The molecule has 1 saturated carbocycles. The van der Waals surface area contributed by atoms with Gasteiger partial charge >= 0.3 is 12.1 Å². The fraction of sp³-hybridized carbons (Fsp3) is 0.500. The molecular formula is C24H30N4O4. The van der Waals surface area contributed by atoms with Gasteiger partial charge in [0.2, 0.25) is 0 Å². The van der Waals surface area contributed by atoms with Crippen molar-refractivity contribution >= 4 is 28.9 Å². The molecule has 2 heterocycles. The largest absolute Gasteiger partial charge is 0.444 e. The molecule has 8 heteroatoms. The van der Waals surface area contributed by atoms with Crippen molar-refractivity contribution in [2.45, 2.75) is 64.1 Å². The molecule has 1 aliphatic heterocycles. The number of nitrogens with one attached hydrogen (secondary N) is 2. The van der Waals surface area contributed by atoms with Gasteiger partial charge in [0.1, 0.15) is 11.1 Å². The standard InChI is InChI=1S/C24H30N4O4/c1-23(2,3)32-22(31)26-14-18-11-4-5-12-24(18)20(29)28(21(30)27-24)15-17-9-6-8-16-10-7-13-25-19(16)17/h6-10,13,18H,4-5,11-12,14-15H2,1-3H3,(H,26,31)(H,27,30)/t18-,24+/m1/s1. The summed E-state index contributed by atoms with van der Waals surface area (Å²) in [5.74, 6) is -0.429. The van der Waals surface area contributed by atoms with Gasteiger partial charge < -0.3 is 15.4 Å². The second-order valence-corrected chi connectivity index (χ2v) is 9.61. The average Bonchev–Trinajstić information content (AvgIpc) is 2.97. The van der Waals surface area contributed by atoms with Gasteiger partial charge in [-0.2, -0.15) is 0 Å². The van der Waals surface area contributed by atoms with E-state index in [0.717, 1.165) is 35.7 Å². The normalized spacial score (nSPS) is 23.5. The van der Waals surface area contributed by atoms with Crippen molar-refractivity contribution in [2.75, 3.05) is 6.54 Å². The maximum atomic E-state index is 13.6. The van der Waals surface area contributed by atoms with Gasteiger partial charge in [-0.05, 0) is 45.2 Å². The van der Waals surface area contributed by atoms with E-state index in [-0.39, 0.29) is 24.9 Å². The van der Waals surface area contributed by atoms with Gasteiger partial charge in [0.05, 0.1) is 12.1 Å². The lowest BCUT2D eigenvalue weighted by molar-refractivity contribution is -0.134. The van der Waals surface area contributed by atoms with Crippen molar-refractivity contribution in [3.63, 3.8) is 0 Å². The Morgan fingerprint density at radius 3 is 2.81 bits per heavy atom. The Labute approximate surface area is 187 Å². The fourth-order valence-electron chi connectivity index (χ4n) is 4.74. The number of aromatic nitrogens is 1. The highest BCUT2D eigenvalue weighted by Gasteiger charge is 2.56. The first kappa shape index (κ1) is 22.0. The van der Waals surface area contributed by atoms with Crippen LogP contribution in [0.1, 0.15) is 52.0 Å². The van der Waals surface area contributed by atoms with Crippen molar-refractivity contribution < 1.29 is 19.1 Å². The second kappa shape index (κ2) is 8.41. The number of rotatable bonds is 4. The van der Waals surface area contributed by atoms with Crippen LogP contribution in [0.4, 0.5) is 9.59 Å². The molecule has 2 N–H and O–H groups in total. The Balaban J connectivity index is 1.53. The molecule has 4 rings (SSSR count). The zero-order valence-corrected chi connectivity index (χ0v) is 18.8. The highest BCUT2D eigenvalue weighted by molar-refractivity contribution is 6.07. The lowest BCUT2D eigenvalue weighted by atomic mass is 9.72. The summed E-state index contributed by atoms with van der Waals surface area (Å²) in [6.45, 7) is 5.83. The van der Waals surface area contributed by atoms with Gasteiger partial charge in [-0.25, -0.2) is 9.59 Å². The van der Waals surface area contributed by atoms with Gasteiger partial charge in [0.25, 0.3) is 5.91 Å². The molecule has 8 nitrogen and oxygen atoms in total. The number of imide groups is 1. The lowest BCUT2D eigenvalue weighted by Crippen LogP contribution is -2.57. The van der Waals surface area contributed by atoms with E-state index in [0.29, 0.717) is 6.42 Å². The molecule has 1 aliphatic carbocycles. The van der Waals surface area contributed by atoms with Crippen LogP contribution in [-0.4, -0.2) is 45.6 Å². The van der Waals surface area contributed by atoms with E-state index in [4.69, 9.17) is 4.74 Å². The van der Waals surface area contributed by atoms with E-state index in [2.05, 4.69) is 15.6 Å². The second-order valence-electron chi connectivity index (χ2n) is 9.61. The molecule has 4 amide bonds. The third-order valence-electron chi connectivity index (χ3n) is 6.21. The topological polar surface area (TPSA) is 101 Å². The third kappa shape index (κ3) is 4.26. The van der Waals surface area contributed by atoms with E-state index in [9.17, 15) is 14.4 Å². The molecule has 0 unspecified atom stereocenters. The minimum Gasteiger partial charge on any atom is -0.444 e. The molecule has 2 aliphatic rings. The first-order valence-corrected chi connectivity index (χ1v) is 11.1. The summed E-state index contributed by atoms with van der Waals surface area (Å²) >= 11 is 0. The highest BCUT2D eigenvalue weighted by atomic mass is 16.6. The maximum absolute atomic E-state index is 13.6. The predicted molar refractivity (Wildman–Crippen MR) is 120 cm³/mol. The molecule has 2 atom stereocenters. The predicted octanol–water partition coefficient (Wildman–Crippen LogP) is 3.74. The number of ether oxygens (including phenoxy) is 1. The summed E-state index contributed by atoms with van der Waals surface area (Å²) in [6.07, 6.45) is 4.28. The van der Waals surface area contributed by atoms with Crippen molar-refractivity contribution in [3.8, 4) is 0 Å². The number of benzene rings is 1. The molecule has 0 radical (unpaired) electrons. The molecule has 170 valence electrons. The molecule has 2 aromatic rings. The number of pyridine rings is 1. The number of hydrogen-bond acceptors (Lipinski definition) is 5. The van der Waals surface area contributed by atoms with Gasteiger partial charge in [-0.1, -0.05) is 37.1 Å². The van der Waals surface area contributed by atoms with Crippen LogP contribution in [0.5, 0.6) is 0 Å². The van der Waals surface area contributed by atoms with Gasteiger partial charge in [-0.3, -0.25) is 14.7 Å². The zero-order chi connectivity index (χ0) is 22.9. The molecule has 1 saturated heterocycles. The monoisotopic (exact) mass is 438 g/mol. The molecule has 2 fully saturated rings. The molecule has 1 aromatic carbocycles. The Bertz CT molecular complexity index is 1040. The number of hydrogen-bond donors (Lipinski definition) is 2. The van der Waals surface area contributed by atoms with E-state index in [1.165, 1.54) is 4.90 Å². The molecule has 0 bridgehead atoms. The summed E-state index contributed by atoms with van der Waals surface area (Å²) in [4.78, 5) is 44.4. The van der Waals surface area contributed by atoms with Crippen LogP contribution in [0.3, 0.4) is 0 Å². The van der Waals surface area contributed by atoms with Crippen molar-refractivity contribution in [1.82, 2.24) is 20.5 Å². The Morgan fingerprint density at radius 2 is 2.03 bits per heavy atom. The van der Waals surface area contributed by atoms with Crippen LogP contribution in [0.2, 0.25) is 0 Å². The quantitative estimate of drug-likeness (QED) is 0.709. The number of para-hydroxylation sites is 1. The van der Waals surface area contributed by atoms with E-state index in [1.54, 1.807) is 27.0 Å². The van der Waals surface area contributed by atoms with Gasteiger partial charge in [-0.15, -0.1) is 0 Å². The molecular weight excluding hydrogens is 408 g/mol. The first-order valence-electron chi connectivity index (χ1n) is 11.1. The summed E-state index contributed by atoms with van der Waals surface area (Å²) < 4.78 is 5.33. The summed E-state index contributed by atoms with van der Waals surface area (Å²) in [5.41, 5.74) is 0.00317. The fourth-order valence-corrected chi connectivity index (χ4v) is 4.74. The number of carbonyl (C=O) groups excluding carboxylic acids is 3. The van der Waals surface area contributed by atoms with Crippen LogP contribution < -0.4 is 10.6 Å². The summed E-state index contributed by atoms with van der Waals surface area (Å²) in [7, 11) is 0. The molecule has 1 spiro atoms. The number of fused-ring (bicyclic) bond motifs is 1. The van der Waals surface area contributed by atoms with Crippen LogP contribution in [0.25, 0.3) is 10.9 Å². The Hall–Kier alpha value is -3.16.